The highest BCUT2D eigenvalue weighted by molar-refractivity contribution is 6.31. The lowest BCUT2D eigenvalue weighted by Crippen LogP contribution is -2.25. The molecule has 2 N–H and O–H groups in total. The first-order valence-electron chi connectivity index (χ1n) is 7.32. The third-order valence-corrected chi connectivity index (χ3v) is 4.06. The van der Waals surface area contributed by atoms with Crippen LogP contribution in [0.5, 0.6) is 0 Å². The Hall–Kier alpha value is -2.79. The van der Waals surface area contributed by atoms with Gasteiger partial charge in [-0.25, -0.2) is 0 Å². The fraction of sp³-hybridized carbons (Fsp3) is 0.111. The fourth-order valence-corrected chi connectivity index (χ4v) is 2.82. The Morgan fingerprint density at radius 2 is 1.96 bits per heavy atom. The van der Waals surface area contributed by atoms with Crippen LogP contribution in [0, 0.1) is 6.92 Å². The standard InChI is InChI=1S/C18H15ClN2O3/c1-10-4-2-3-5-14(10)20-16(22)9-13-12-8-11(19)6-7-15(12)21-17(13)18(23)24/h2-8,21H,9H2,1H3,(H,20,22)(H,23,24)/p-1. The number of anilines is 1. The van der Waals surface area contributed by atoms with Gasteiger partial charge in [0.15, 0.2) is 0 Å². The van der Waals surface area contributed by atoms with Crippen molar-refractivity contribution in [2.75, 3.05) is 5.32 Å². The van der Waals surface area contributed by atoms with Crippen molar-refractivity contribution in [3.63, 3.8) is 0 Å². The molecule has 3 aromatic rings. The molecule has 0 aliphatic carbocycles. The Bertz CT molecular complexity index is 947. The molecule has 0 spiro atoms. The molecule has 6 heteroatoms. The van der Waals surface area contributed by atoms with Crippen molar-refractivity contribution in [3.05, 3.63) is 64.3 Å². The minimum Gasteiger partial charge on any atom is -0.543 e. The molecule has 1 aromatic heterocycles. The number of H-pyrrole nitrogens is 1. The summed E-state index contributed by atoms with van der Waals surface area (Å²) in [4.78, 5) is 26.5. The summed E-state index contributed by atoms with van der Waals surface area (Å²) < 4.78 is 0. The Labute approximate surface area is 143 Å². The third-order valence-electron chi connectivity index (χ3n) is 3.83. The van der Waals surface area contributed by atoms with Gasteiger partial charge in [0, 0.05) is 21.6 Å². The summed E-state index contributed by atoms with van der Waals surface area (Å²) in [5, 5.41) is 15.2. The van der Waals surface area contributed by atoms with E-state index in [9.17, 15) is 14.7 Å². The van der Waals surface area contributed by atoms with Crippen molar-refractivity contribution in [1.82, 2.24) is 4.98 Å². The highest BCUT2D eigenvalue weighted by Gasteiger charge is 2.16. The molecule has 122 valence electrons. The topological polar surface area (TPSA) is 85.0 Å². The van der Waals surface area contributed by atoms with E-state index in [4.69, 9.17) is 11.6 Å². The lowest BCUT2D eigenvalue weighted by Gasteiger charge is -2.09. The molecule has 0 fully saturated rings. The van der Waals surface area contributed by atoms with Crippen molar-refractivity contribution in [3.8, 4) is 0 Å². The van der Waals surface area contributed by atoms with Crippen LogP contribution in [-0.4, -0.2) is 16.9 Å². The number of amides is 1. The largest absolute Gasteiger partial charge is 0.543 e. The Balaban J connectivity index is 1.95. The monoisotopic (exact) mass is 341 g/mol. The predicted molar refractivity (Wildman–Crippen MR) is 91.2 cm³/mol. The Morgan fingerprint density at radius 3 is 2.67 bits per heavy atom. The molecule has 3 rings (SSSR count). The van der Waals surface area contributed by atoms with Gasteiger partial charge in [-0.1, -0.05) is 29.8 Å². The van der Waals surface area contributed by atoms with Crippen LogP contribution in [0.25, 0.3) is 10.9 Å². The van der Waals surface area contributed by atoms with Gasteiger partial charge in [-0.15, -0.1) is 0 Å². The van der Waals surface area contributed by atoms with Crippen molar-refractivity contribution in [2.45, 2.75) is 13.3 Å². The number of para-hydroxylation sites is 1. The van der Waals surface area contributed by atoms with Gasteiger partial charge in [-0.05, 0) is 42.3 Å². The van der Waals surface area contributed by atoms with Crippen LogP contribution in [0.4, 0.5) is 5.69 Å². The SMILES string of the molecule is Cc1ccccc1NC(=O)Cc1c(C(=O)[O-])[nH]c2ccc(Cl)cc12. The van der Waals surface area contributed by atoms with Crippen molar-refractivity contribution in [1.29, 1.82) is 0 Å². The number of carbonyl (C=O) groups excluding carboxylic acids is 2. The third kappa shape index (κ3) is 3.12. The summed E-state index contributed by atoms with van der Waals surface area (Å²) in [7, 11) is 0. The number of carboxylic acids is 1. The van der Waals surface area contributed by atoms with Crippen LogP contribution in [0.15, 0.2) is 42.5 Å². The lowest BCUT2D eigenvalue weighted by atomic mass is 10.1. The van der Waals surface area contributed by atoms with Gasteiger partial charge in [-0.3, -0.25) is 4.79 Å². The molecule has 0 radical (unpaired) electrons. The van der Waals surface area contributed by atoms with Gasteiger partial charge in [0.1, 0.15) is 0 Å². The van der Waals surface area contributed by atoms with E-state index in [-0.39, 0.29) is 18.0 Å². The van der Waals surface area contributed by atoms with Crippen molar-refractivity contribution >= 4 is 40.1 Å². The summed E-state index contributed by atoms with van der Waals surface area (Å²) in [6.07, 6.45) is -0.0992. The second kappa shape index (κ2) is 6.37. The number of fused-ring (bicyclic) bond motifs is 1. The van der Waals surface area contributed by atoms with E-state index in [0.717, 1.165) is 5.56 Å². The Kier molecular flexibility index (Phi) is 4.27. The number of aromatic carboxylic acids is 1. The van der Waals surface area contributed by atoms with Crippen LogP contribution in [-0.2, 0) is 11.2 Å². The first-order valence-corrected chi connectivity index (χ1v) is 7.70. The number of rotatable bonds is 4. The average molecular weight is 342 g/mol. The molecular formula is C18H14ClN2O3-. The van der Waals surface area contributed by atoms with Gasteiger partial charge in [0.25, 0.3) is 0 Å². The molecule has 0 saturated carbocycles. The number of aromatic amines is 1. The van der Waals surface area contributed by atoms with E-state index >= 15 is 0 Å². The van der Waals surface area contributed by atoms with Crippen LogP contribution in [0.1, 0.15) is 21.6 Å². The van der Waals surface area contributed by atoms with E-state index in [1.54, 1.807) is 24.3 Å². The molecule has 1 amide bonds. The normalized spacial score (nSPS) is 10.8. The fourth-order valence-electron chi connectivity index (χ4n) is 2.65. The Morgan fingerprint density at radius 1 is 1.21 bits per heavy atom. The molecule has 2 aromatic carbocycles. The maximum absolute atomic E-state index is 12.4. The number of carboxylic acid groups (broad SMARTS) is 1. The number of hydrogen-bond acceptors (Lipinski definition) is 3. The first-order chi connectivity index (χ1) is 11.5. The van der Waals surface area contributed by atoms with Gasteiger partial charge >= 0.3 is 0 Å². The molecule has 0 unspecified atom stereocenters. The highest BCUT2D eigenvalue weighted by Crippen LogP contribution is 2.26. The quantitative estimate of drug-likeness (QED) is 0.765. The zero-order chi connectivity index (χ0) is 17.3. The minimum absolute atomic E-state index is 0.0992. The number of aryl methyl sites for hydroxylation is 1. The summed E-state index contributed by atoms with van der Waals surface area (Å²) in [6, 6.07) is 12.3. The van der Waals surface area contributed by atoms with Gasteiger partial charge < -0.3 is 20.2 Å². The molecule has 0 atom stereocenters. The zero-order valence-electron chi connectivity index (χ0n) is 12.9. The summed E-state index contributed by atoms with van der Waals surface area (Å²) in [5.74, 6) is -1.67. The maximum atomic E-state index is 12.4. The van der Waals surface area contributed by atoms with E-state index in [2.05, 4.69) is 10.3 Å². The number of carbonyl (C=O) groups is 2. The molecular weight excluding hydrogens is 328 g/mol. The predicted octanol–water partition coefficient (Wildman–Crippen LogP) is 2.67. The van der Waals surface area contributed by atoms with Crippen molar-refractivity contribution in [2.24, 2.45) is 0 Å². The molecule has 0 saturated heterocycles. The first kappa shape index (κ1) is 16.1. The average Bonchev–Trinajstić information content (AvgIpc) is 2.88. The second-order valence-electron chi connectivity index (χ2n) is 5.50. The van der Waals surface area contributed by atoms with Gasteiger partial charge in [0.2, 0.25) is 5.91 Å². The van der Waals surface area contributed by atoms with Gasteiger partial charge in [-0.2, -0.15) is 0 Å². The second-order valence-corrected chi connectivity index (χ2v) is 5.93. The molecule has 24 heavy (non-hydrogen) atoms. The summed E-state index contributed by atoms with van der Waals surface area (Å²) in [6.45, 7) is 1.88. The van der Waals surface area contributed by atoms with Crippen LogP contribution >= 0.6 is 11.6 Å². The molecule has 0 bridgehead atoms. The zero-order valence-corrected chi connectivity index (χ0v) is 13.6. The van der Waals surface area contributed by atoms with E-state index in [0.29, 0.717) is 27.2 Å². The van der Waals surface area contributed by atoms with Crippen molar-refractivity contribution < 1.29 is 14.7 Å². The smallest absolute Gasteiger partial charge is 0.228 e. The van der Waals surface area contributed by atoms with E-state index in [1.165, 1.54) is 0 Å². The van der Waals surface area contributed by atoms with E-state index in [1.807, 2.05) is 25.1 Å². The maximum Gasteiger partial charge on any atom is 0.228 e. The number of halogens is 1. The lowest BCUT2D eigenvalue weighted by molar-refractivity contribution is -0.255. The number of aromatic nitrogens is 1. The number of hydrogen-bond donors (Lipinski definition) is 2. The molecule has 0 aliphatic heterocycles. The number of benzene rings is 2. The van der Waals surface area contributed by atoms with Crippen LogP contribution in [0.3, 0.4) is 0 Å². The molecule has 5 nitrogen and oxygen atoms in total. The molecule has 0 aliphatic rings. The summed E-state index contributed by atoms with van der Waals surface area (Å²) in [5.41, 5.74) is 2.46. The molecule has 1 heterocycles. The highest BCUT2D eigenvalue weighted by atomic mass is 35.5. The van der Waals surface area contributed by atoms with Crippen LogP contribution in [0.2, 0.25) is 5.02 Å². The van der Waals surface area contributed by atoms with E-state index < -0.39 is 5.97 Å². The number of nitrogens with one attached hydrogen (secondary N) is 2. The minimum atomic E-state index is -1.36. The van der Waals surface area contributed by atoms with Gasteiger partial charge in [0.05, 0.1) is 18.1 Å². The van der Waals surface area contributed by atoms with Crippen LogP contribution < -0.4 is 10.4 Å². The summed E-state index contributed by atoms with van der Waals surface area (Å²) >= 11 is 5.99.